The molecule has 1 saturated carbocycles. The van der Waals surface area contributed by atoms with E-state index < -0.39 is 0 Å². The second kappa shape index (κ2) is 4.32. The van der Waals surface area contributed by atoms with Crippen molar-refractivity contribution in [1.82, 2.24) is 4.98 Å². The van der Waals surface area contributed by atoms with Gasteiger partial charge in [-0.25, -0.2) is 0 Å². The Labute approximate surface area is 121 Å². The number of carbonyl (C=O) groups excluding carboxylic acids is 1. The van der Waals surface area contributed by atoms with E-state index >= 15 is 0 Å². The van der Waals surface area contributed by atoms with Crippen LogP contribution < -0.4 is 51.4 Å². The van der Waals surface area contributed by atoms with E-state index in [1.165, 1.54) is 0 Å². The van der Waals surface area contributed by atoms with Crippen molar-refractivity contribution in [2.75, 3.05) is 0 Å². The zero-order valence-electron chi connectivity index (χ0n) is 7.92. The molecule has 1 heterocycles. The standard InChI is InChI=1S/C10H9NO.K/c1-8-4-9(6-11-5-8)10(7-12)2-3-10;/h4-5H,2-3H2,1H3;/q-2;+1. The summed E-state index contributed by atoms with van der Waals surface area (Å²) in [6.45, 7) is 1.96. The van der Waals surface area contributed by atoms with Gasteiger partial charge in [0.25, 0.3) is 0 Å². The summed E-state index contributed by atoms with van der Waals surface area (Å²) in [6.07, 6.45) is 8.47. The summed E-state index contributed by atoms with van der Waals surface area (Å²) in [4.78, 5) is 14.6. The van der Waals surface area contributed by atoms with Gasteiger partial charge in [-0.15, -0.1) is 11.0 Å². The van der Waals surface area contributed by atoms with Gasteiger partial charge in [-0.1, -0.05) is 32.2 Å². The van der Waals surface area contributed by atoms with E-state index in [2.05, 4.69) is 17.5 Å². The fraction of sp³-hybridized carbons (Fsp3) is 0.400. The maximum Gasteiger partial charge on any atom is 1.00 e. The van der Waals surface area contributed by atoms with Gasteiger partial charge in [0.05, 0.1) is 0 Å². The smallest absolute Gasteiger partial charge is 0.541 e. The Hall–Kier alpha value is 0.456. The molecule has 2 nitrogen and oxygen atoms in total. The molecule has 1 fully saturated rings. The first kappa shape index (κ1) is 11.5. The molecule has 2 rings (SSSR count). The molecule has 0 aliphatic heterocycles. The average Bonchev–Trinajstić information content (AvgIpc) is 2.84. The summed E-state index contributed by atoms with van der Waals surface area (Å²) < 4.78 is 0. The molecule has 1 aromatic heterocycles. The van der Waals surface area contributed by atoms with Crippen LogP contribution in [0, 0.1) is 13.1 Å². The number of aryl methyl sites for hydroxylation is 1. The normalized spacial score (nSPS) is 17.3. The Morgan fingerprint density at radius 3 is 2.77 bits per heavy atom. The van der Waals surface area contributed by atoms with Crippen LogP contribution in [0.4, 0.5) is 0 Å². The Bertz CT molecular complexity index is 320. The van der Waals surface area contributed by atoms with Crippen LogP contribution in [0.15, 0.2) is 12.3 Å². The quantitative estimate of drug-likeness (QED) is 0.420. The van der Waals surface area contributed by atoms with E-state index in [-0.39, 0.29) is 56.8 Å². The molecular weight excluding hydrogens is 189 g/mol. The van der Waals surface area contributed by atoms with Crippen molar-refractivity contribution in [3.63, 3.8) is 0 Å². The van der Waals surface area contributed by atoms with Crippen molar-refractivity contribution in [3.8, 4) is 0 Å². The van der Waals surface area contributed by atoms with Crippen molar-refractivity contribution >= 4 is 6.29 Å². The van der Waals surface area contributed by atoms with E-state index in [0.29, 0.717) is 0 Å². The monoisotopic (exact) mass is 198 g/mol. The number of hydrogen-bond donors (Lipinski definition) is 0. The van der Waals surface area contributed by atoms with Crippen molar-refractivity contribution in [1.29, 1.82) is 0 Å². The van der Waals surface area contributed by atoms with Gasteiger partial charge in [0.2, 0.25) is 0 Å². The zero-order chi connectivity index (χ0) is 8.60. The molecule has 0 spiro atoms. The molecule has 1 aromatic rings. The molecule has 0 atom stereocenters. The minimum absolute atomic E-state index is 0. The largest absolute Gasteiger partial charge is 1.00 e. The predicted molar refractivity (Wildman–Crippen MR) is 44.4 cm³/mol. The van der Waals surface area contributed by atoms with Gasteiger partial charge in [-0.2, -0.15) is 11.6 Å². The van der Waals surface area contributed by atoms with E-state index in [1.54, 1.807) is 6.20 Å². The van der Waals surface area contributed by atoms with E-state index in [9.17, 15) is 4.79 Å². The molecule has 3 heteroatoms. The molecule has 0 aromatic carbocycles. The second-order valence-corrected chi connectivity index (χ2v) is 3.36. The fourth-order valence-electron chi connectivity index (χ4n) is 1.30. The van der Waals surface area contributed by atoms with Crippen molar-refractivity contribution < 1.29 is 56.2 Å². The van der Waals surface area contributed by atoms with Crippen LogP contribution in [0.25, 0.3) is 0 Å². The summed E-state index contributed by atoms with van der Waals surface area (Å²) in [5, 5.41) is 0. The maximum atomic E-state index is 10.6. The van der Waals surface area contributed by atoms with Gasteiger partial charge in [0.1, 0.15) is 0 Å². The minimum atomic E-state index is -0.348. The SMILES string of the molecule is Cc1cn[c-]c(C2([C-]=O)CC2)c1.[K+]. The van der Waals surface area contributed by atoms with Crippen LogP contribution in [0.3, 0.4) is 0 Å². The third kappa shape index (κ3) is 2.28. The van der Waals surface area contributed by atoms with E-state index in [0.717, 1.165) is 24.0 Å². The third-order valence-corrected chi connectivity index (χ3v) is 2.29. The Kier molecular flexibility index (Phi) is 3.83. The first-order valence-corrected chi connectivity index (χ1v) is 4.01. The summed E-state index contributed by atoms with van der Waals surface area (Å²) in [7, 11) is 0. The molecule has 0 bridgehead atoms. The van der Waals surface area contributed by atoms with Crippen LogP contribution >= 0.6 is 0 Å². The van der Waals surface area contributed by atoms with Gasteiger partial charge >= 0.3 is 51.4 Å². The topological polar surface area (TPSA) is 30.0 Å². The van der Waals surface area contributed by atoms with E-state index in [4.69, 9.17) is 0 Å². The number of rotatable bonds is 2. The van der Waals surface area contributed by atoms with Crippen molar-refractivity contribution in [3.05, 3.63) is 29.6 Å². The van der Waals surface area contributed by atoms with Crippen LogP contribution in [0.2, 0.25) is 0 Å². The maximum absolute atomic E-state index is 10.6. The summed E-state index contributed by atoms with van der Waals surface area (Å²) in [6, 6.07) is 1.96. The molecule has 1 aliphatic rings. The molecule has 0 unspecified atom stereocenters. The van der Waals surface area contributed by atoms with Gasteiger partial charge < -0.3 is 9.78 Å². The van der Waals surface area contributed by atoms with Crippen LogP contribution in [0.5, 0.6) is 0 Å². The van der Waals surface area contributed by atoms with Gasteiger partial charge in [0, 0.05) is 0 Å². The Morgan fingerprint density at radius 2 is 2.31 bits per heavy atom. The predicted octanol–water partition coefficient (Wildman–Crippen LogP) is -1.66. The molecular formula is C10H9KNO-. The number of aromatic nitrogens is 1. The third-order valence-electron chi connectivity index (χ3n) is 2.29. The van der Waals surface area contributed by atoms with E-state index in [1.807, 2.05) is 13.0 Å². The Balaban J connectivity index is 0.000000845. The van der Waals surface area contributed by atoms with Crippen LogP contribution in [-0.2, 0) is 10.2 Å². The summed E-state index contributed by atoms with van der Waals surface area (Å²) in [5.74, 6) is 0. The molecule has 0 N–H and O–H groups in total. The molecule has 0 radical (unpaired) electrons. The van der Waals surface area contributed by atoms with Crippen LogP contribution in [-0.4, -0.2) is 11.3 Å². The molecule has 0 amide bonds. The molecule has 62 valence electrons. The number of pyridine rings is 1. The molecule has 13 heavy (non-hydrogen) atoms. The molecule has 1 aliphatic carbocycles. The number of nitrogens with zero attached hydrogens (tertiary/aromatic N) is 1. The fourth-order valence-corrected chi connectivity index (χ4v) is 1.30. The number of hydrogen-bond acceptors (Lipinski definition) is 2. The van der Waals surface area contributed by atoms with Gasteiger partial charge in [-0.05, 0) is 0 Å². The minimum Gasteiger partial charge on any atom is -0.541 e. The molecule has 0 saturated heterocycles. The summed E-state index contributed by atoms with van der Waals surface area (Å²) >= 11 is 0. The van der Waals surface area contributed by atoms with Gasteiger partial charge in [-0.3, -0.25) is 6.29 Å². The first-order valence-electron chi connectivity index (χ1n) is 4.01. The Morgan fingerprint density at radius 1 is 1.62 bits per heavy atom. The van der Waals surface area contributed by atoms with Gasteiger partial charge in [0.15, 0.2) is 0 Å². The second-order valence-electron chi connectivity index (χ2n) is 3.36. The average molecular weight is 198 g/mol. The van der Waals surface area contributed by atoms with Crippen LogP contribution in [0.1, 0.15) is 24.0 Å². The zero-order valence-corrected chi connectivity index (χ0v) is 11.0. The first-order chi connectivity index (χ1) is 5.77. The van der Waals surface area contributed by atoms with Crippen molar-refractivity contribution in [2.45, 2.75) is 25.2 Å². The summed E-state index contributed by atoms with van der Waals surface area (Å²) in [5.41, 5.74) is 1.63. The van der Waals surface area contributed by atoms with Crippen molar-refractivity contribution in [2.24, 2.45) is 0 Å².